The van der Waals surface area contributed by atoms with Crippen LogP contribution in [0.3, 0.4) is 0 Å². The number of benzene rings is 1. The van der Waals surface area contributed by atoms with Gasteiger partial charge in [0.2, 0.25) is 0 Å². The Kier molecular flexibility index (Phi) is 5.37. The Morgan fingerprint density at radius 1 is 1.59 bits per heavy atom. The van der Waals surface area contributed by atoms with Crippen LogP contribution < -0.4 is 5.32 Å². The SMILES string of the molecule is CSCCNC(=S)c1ccc(C)c([N+](=O)[O-])c1. The van der Waals surface area contributed by atoms with E-state index in [0.29, 0.717) is 16.1 Å². The molecule has 0 saturated carbocycles. The lowest BCUT2D eigenvalue weighted by atomic mass is 10.1. The van der Waals surface area contributed by atoms with E-state index in [1.165, 1.54) is 6.07 Å². The van der Waals surface area contributed by atoms with Crippen LogP contribution in [-0.4, -0.2) is 28.5 Å². The Bertz CT molecular complexity index is 435. The zero-order valence-corrected chi connectivity index (χ0v) is 11.4. The van der Waals surface area contributed by atoms with Gasteiger partial charge in [-0.3, -0.25) is 10.1 Å². The van der Waals surface area contributed by atoms with Crippen molar-refractivity contribution in [2.45, 2.75) is 6.92 Å². The zero-order chi connectivity index (χ0) is 12.8. The molecule has 0 atom stereocenters. The highest BCUT2D eigenvalue weighted by molar-refractivity contribution is 7.98. The molecular weight excluding hydrogens is 256 g/mol. The summed E-state index contributed by atoms with van der Waals surface area (Å²) in [7, 11) is 0. The summed E-state index contributed by atoms with van der Waals surface area (Å²) in [6.45, 7) is 2.48. The molecular formula is C11H14N2O2S2. The molecule has 1 aromatic carbocycles. The van der Waals surface area contributed by atoms with Crippen LogP contribution in [0.1, 0.15) is 11.1 Å². The molecule has 0 aliphatic heterocycles. The molecule has 0 fully saturated rings. The molecule has 6 heteroatoms. The minimum atomic E-state index is -0.386. The number of nitrogens with one attached hydrogen (secondary N) is 1. The molecule has 1 N–H and O–H groups in total. The van der Waals surface area contributed by atoms with Gasteiger partial charge in [0.1, 0.15) is 4.99 Å². The third-order valence-electron chi connectivity index (χ3n) is 2.26. The topological polar surface area (TPSA) is 55.2 Å². The summed E-state index contributed by atoms with van der Waals surface area (Å²) >= 11 is 6.90. The summed E-state index contributed by atoms with van der Waals surface area (Å²) in [5, 5.41) is 13.9. The quantitative estimate of drug-likeness (QED) is 0.386. The monoisotopic (exact) mass is 270 g/mol. The van der Waals surface area contributed by atoms with Gasteiger partial charge < -0.3 is 5.32 Å². The van der Waals surface area contributed by atoms with Crippen molar-refractivity contribution in [2.75, 3.05) is 18.6 Å². The first kappa shape index (κ1) is 13.9. The average Bonchev–Trinajstić information content (AvgIpc) is 2.29. The second-order valence-corrected chi connectivity index (χ2v) is 4.90. The van der Waals surface area contributed by atoms with Crippen molar-refractivity contribution in [3.63, 3.8) is 0 Å². The molecule has 92 valence electrons. The third-order valence-corrected chi connectivity index (χ3v) is 3.25. The van der Waals surface area contributed by atoms with Gasteiger partial charge in [-0.25, -0.2) is 0 Å². The lowest BCUT2D eigenvalue weighted by Gasteiger charge is -2.07. The number of nitro benzene ring substituents is 1. The minimum absolute atomic E-state index is 0.108. The van der Waals surface area contributed by atoms with Crippen LogP contribution in [0.5, 0.6) is 0 Å². The number of nitro groups is 1. The van der Waals surface area contributed by atoms with Crippen LogP contribution in [0.2, 0.25) is 0 Å². The summed E-state index contributed by atoms with van der Waals surface area (Å²) in [4.78, 5) is 11.0. The van der Waals surface area contributed by atoms with Crippen molar-refractivity contribution in [3.8, 4) is 0 Å². The highest BCUT2D eigenvalue weighted by Crippen LogP contribution is 2.19. The van der Waals surface area contributed by atoms with Gasteiger partial charge in [-0.1, -0.05) is 24.4 Å². The molecule has 0 aliphatic rings. The highest BCUT2D eigenvalue weighted by atomic mass is 32.2. The molecule has 0 unspecified atom stereocenters. The number of rotatable bonds is 5. The summed E-state index contributed by atoms with van der Waals surface area (Å²) < 4.78 is 0. The molecule has 1 rings (SSSR count). The van der Waals surface area contributed by atoms with Gasteiger partial charge in [-0.05, 0) is 13.2 Å². The predicted molar refractivity (Wildman–Crippen MR) is 75.9 cm³/mol. The maximum Gasteiger partial charge on any atom is 0.273 e. The van der Waals surface area contributed by atoms with Gasteiger partial charge in [0.15, 0.2) is 0 Å². The molecule has 0 heterocycles. The number of thioether (sulfide) groups is 1. The Balaban J connectivity index is 2.81. The molecule has 0 saturated heterocycles. The number of nitrogens with zero attached hydrogens (tertiary/aromatic N) is 1. The van der Waals surface area contributed by atoms with E-state index in [1.54, 1.807) is 30.8 Å². The Hall–Kier alpha value is -1.14. The van der Waals surface area contributed by atoms with Crippen LogP contribution >= 0.6 is 24.0 Å². The maximum absolute atomic E-state index is 10.8. The first-order valence-corrected chi connectivity index (χ1v) is 6.88. The van der Waals surface area contributed by atoms with E-state index < -0.39 is 0 Å². The number of aryl methyl sites for hydroxylation is 1. The Labute approximate surface area is 110 Å². The van der Waals surface area contributed by atoms with Crippen molar-refractivity contribution in [3.05, 3.63) is 39.4 Å². The molecule has 0 aromatic heterocycles. The molecule has 17 heavy (non-hydrogen) atoms. The fraction of sp³-hybridized carbons (Fsp3) is 0.364. The van der Waals surface area contributed by atoms with E-state index in [9.17, 15) is 10.1 Å². The molecule has 0 spiro atoms. The second-order valence-electron chi connectivity index (χ2n) is 3.51. The van der Waals surface area contributed by atoms with Gasteiger partial charge in [-0.2, -0.15) is 11.8 Å². The van der Waals surface area contributed by atoms with Crippen LogP contribution in [0, 0.1) is 17.0 Å². The summed E-state index contributed by atoms with van der Waals surface area (Å²) in [6.07, 6.45) is 2.02. The molecule has 0 bridgehead atoms. The average molecular weight is 270 g/mol. The van der Waals surface area contributed by atoms with Crippen molar-refractivity contribution in [2.24, 2.45) is 0 Å². The Morgan fingerprint density at radius 2 is 2.29 bits per heavy atom. The number of hydrogen-bond donors (Lipinski definition) is 1. The van der Waals surface area contributed by atoms with E-state index in [0.717, 1.165) is 12.3 Å². The fourth-order valence-electron chi connectivity index (χ4n) is 1.32. The fourth-order valence-corrected chi connectivity index (χ4v) is 1.85. The van der Waals surface area contributed by atoms with Crippen molar-refractivity contribution in [1.82, 2.24) is 5.32 Å². The van der Waals surface area contributed by atoms with Gasteiger partial charge in [-0.15, -0.1) is 0 Å². The lowest BCUT2D eigenvalue weighted by Crippen LogP contribution is -2.24. The standard InChI is InChI=1S/C11H14N2O2S2/c1-8-3-4-9(7-10(8)13(14)15)11(16)12-5-6-17-2/h3-4,7H,5-6H2,1-2H3,(H,12,16). The van der Waals surface area contributed by atoms with Crippen LogP contribution in [-0.2, 0) is 0 Å². The molecule has 0 aliphatic carbocycles. The number of hydrogen-bond acceptors (Lipinski definition) is 4. The van der Waals surface area contributed by atoms with Crippen molar-refractivity contribution >= 4 is 34.7 Å². The summed E-state index contributed by atoms with van der Waals surface area (Å²) in [5.74, 6) is 0.952. The zero-order valence-electron chi connectivity index (χ0n) is 9.73. The summed E-state index contributed by atoms with van der Waals surface area (Å²) in [6, 6.07) is 5.04. The summed E-state index contributed by atoms with van der Waals surface area (Å²) in [5.41, 5.74) is 1.44. The van der Waals surface area contributed by atoms with Gasteiger partial charge in [0.05, 0.1) is 4.92 Å². The van der Waals surface area contributed by atoms with Crippen LogP contribution in [0.15, 0.2) is 18.2 Å². The number of thiocarbonyl (C=S) groups is 1. The van der Waals surface area contributed by atoms with E-state index in [2.05, 4.69) is 5.32 Å². The van der Waals surface area contributed by atoms with E-state index in [4.69, 9.17) is 12.2 Å². The smallest absolute Gasteiger partial charge is 0.273 e. The Morgan fingerprint density at radius 3 is 2.88 bits per heavy atom. The minimum Gasteiger partial charge on any atom is -0.375 e. The second kappa shape index (κ2) is 6.56. The van der Waals surface area contributed by atoms with Gasteiger partial charge in [0.25, 0.3) is 5.69 Å². The molecule has 0 amide bonds. The normalized spacial score (nSPS) is 10.0. The predicted octanol–water partition coefficient (Wildman–Crippen LogP) is 2.53. The lowest BCUT2D eigenvalue weighted by molar-refractivity contribution is -0.385. The van der Waals surface area contributed by atoms with E-state index in [-0.39, 0.29) is 10.6 Å². The van der Waals surface area contributed by atoms with E-state index in [1.807, 2.05) is 6.26 Å². The van der Waals surface area contributed by atoms with Crippen LogP contribution in [0.25, 0.3) is 0 Å². The largest absolute Gasteiger partial charge is 0.375 e. The van der Waals surface area contributed by atoms with Crippen LogP contribution in [0.4, 0.5) is 5.69 Å². The first-order valence-electron chi connectivity index (χ1n) is 5.08. The molecule has 4 nitrogen and oxygen atoms in total. The maximum atomic E-state index is 10.8. The van der Waals surface area contributed by atoms with Crippen molar-refractivity contribution in [1.29, 1.82) is 0 Å². The van der Waals surface area contributed by atoms with Gasteiger partial charge >= 0.3 is 0 Å². The van der Waals surface area contributed by atoms with E-state index >= 15 is 0 Å². The first-order chi connectivity index (χ1) is 8.06. The highest BCUT2D eigenvalue weighted by Gasteiger charge is 2.12. The van der Waals surface area contributed by atoms with Gasteiger partial charge in [0, 0.05) is 29.5 Å². The molecule has 0 radical (unpaired) electrons. The third kappa shape index (κ3) is 3.98. The molecule has 1 aromatic rings. The van der Waals surface area contributed by atoms with Crippen molar-refractivity contribution < 1.29 is 4.92 Å².